The molecular formula is C23H29ClN4O3S. The van der Waals surface area contributed by atoms with Gasteiger partial charge >= 0.3 is 6.03 Å². The van der Waals surface area contributed by atoms with Gasteiger partial charge in [0.15, 0.2) is 5.13 Å². The van der Waals surface area contributed by atoms with Gasteiger partial charge in [-0.15, -0.1) is 0 Å². The maximum Gasteiger partial charge on any atom is 0.324 e. The van der Waals surface area contributed by atoms with Gasteiger partial charge in [0.1, 0.15) is 10.1 Å². The Morgan fingerprint density at radius 3 is 2.34 bits per heavy atom. The van der Waals surface area contributed by atoms with E-state index in [1.165, 1.54) is 17.8 Å². The molecule has 1 aliphatic heterocycles. The van der Waals surface area contributed by atoms with Crippen LogP contribution in [-0.2, 0) is 0 Å². The maximum atomic E-state index is 13.3. The molecule has 0 unspecified atom stereocenters. The Hall–Kier alpha value is -2.32. The van der Waals surface area contributed by atoms with Crippen molar-refractivity contribution in [3.63, 3.8) is 0 Å². The molecule has 0 radical (unpaired) electrons. The van der Waals surface area contributed by atoms with Gasteiger partial charge in [-0.25, -0.2) is 9.78 Å². The van der Waals surface area contributed by atoms with E-state index in [9.17, 15) is 9.59 Å². The van der Waals surface area contributed by atoms with Crippen molar-refractivity contribution < 1.29 is 14.3 Å². The zero-order valence-corrected chi connectivity index (χ0v) is 19.8. The summed E-state index contributed by atoms with van der Waals surface area (Å²) in [5, 5.41) is 3.47. The van der Waals surface area contributed by atoms with Crippen molar-refractivity contribution in [1.82, 2.24) is 14.8 Å². The summed E-state index contributed by atoms with van der Waals surface area (Å²) in [6, 6.07) is 7.44. The van der Waals surface area contributed by atoms with E-state index in [2.05, 4.69) is 10.3 Å². The lowest BCUT2D eigenvalue weighted by atomic mass is 9.91. The minimum Gasteiger partial charge on any atom is -0.497 e. The first-order valence-corrected chi connectivity index (χ1v) is 12.4. The highest BCUT2D eigenvalue weighted by Gasteiger charge is 2.35. The summed E-state index contributed by atoms with van der Waals surface area (Å²) in [7, 11) is 1.61. The van der Waals surface area contributed by atoms with E-state index in [4.69, 9.17) is 16.3 Å². The first-order valence-electron chi connectivity index (χ1n) is 11.2. The van der Waals surface area contributed by atoms with Gasteiger partial charge in [-0.05, 0) is 49.9 Å². The zero-order chi connectivity index (χ0) is 22.5. The summed E-state index contributed by atoms with van der Waals surface area (Å²) in [5.41, 5.74) is 0.659. The molecular weight excluding hydrogens is 448 g/mol. The number of ether oxygens (including phenoxy) is 1. The van der Waals surface area contributed by atoms with Crippen LogP contribution >= 0.6 is 22.9 Å². The largest absolute Gasteiger partial charge is 0.497 e. The molecule has 1 saturated carbocycles. The van der Waals surface area contributed by atoms with Crippen LogP contribution in [0.4, 0.5) is 9.93 Å². The number of hydrogen-bond donors (Lipinski definition) is 1. The smallest absolute Gasteiger partial charge is 0.324 e. The molecule has 1 aliphatic carbocycles. The number of amides is 3. The fourth-order valence-electron chi connectivity index (χ4n) is 4.72. The summed E-state index contributed by atoms with van der Waals surface area (Å²) in [6.07, 6.45) is 8.65. The van der Waals surface area contributed by atoms with E-state index in [1.54, 1.807) is 37.6 Å². The normalized spacial score (nSPS) is 17.8. The first-order chi connectivity index (χ1) is 15.5. The molecule has 2 fully saturated rings. The Labute approximate surface area is 197 Å². The molecule has 32 heavy (non-hydrogen) atoms. The molecule has 3 amide bonds. The Bertz CT molecular complexity index is 922. The predicted octanol–water partition coefficient (Wildman–Crippen LogP) is 5.28. The van der Waals surface area contributed by atoms with Crippen LogP contribution in [0.25, 0.3) is 0 Å². The summed E-state index contributed by atoms with van der Waals surface area (Å²) in [5.74, 6) is 0.758. The van der Waals surface area contributed by atoms with Gasteiger partial charge in [-0.2, -0.15) is 0 Å². The molecule has 9 heteroatoms. The molecule has 0 atom stereocenters. The number of methoxy groups -OCH3 is 1. The topological polar surface area (TPSA) is 74.8 Å². The van der Waals surface area contributed by atoms with Crippen LogP contribution in [0.1, 0.15) is 55.3 Å². The van der Waals surface area contributed by atoms with Crippen molar-refractivity contribution in [3.8, 4) is 5.75 Å². The highest BCUT2D eigenvalue weighted by Crippen LogP contribution is 2.30. The van der Waals surface area contributed by atoms with Crippen molar-refractivity contribution in [1.29, 1.82) is 0 Å². The monoisotopic (exact) mass is 476 g/mol. The third-order valence-corrected chi connectivity index (χ3v) is 7.41. The number of nitrogens with zero attached hydrogens (tertiary/aromatic N) is 3. The van der Waals surface area contributed by atoms with Gasteiger partial charge in [0, 0.05) is 30.7 Å². The molecule has 1 N–H and O–H groups in total. The number of hydrogen-bond acceptors (Lipinski definition) is 5. The lowest BCUT2D eigenvalue weighted by Gasteiger charge is -2.43. The van der Waals surface area contributed by atoms with Crippen LogP contribution < -0.4 is 10.1 Å². The fourth-order valence-corrected chi connectivity index (χ4v) is 5.52. The minimum absolute atomic E-state index is 0.0252. The molecule has 4 rings (SSSR count). The van der Waals surface area contributed by atoms with Gasteiger partial charge in [0.2, 0.25) is 0 Å². The molecule has 1 saturated heterocycles. The number of halogens is 1. The molecule has 0 bridgehead atoms. The van der Waals surface area contributed by atoms with E-state index in [0.717, 1.165) is 44.3 Å². The van der Waals surface area contributed by atoms with Crippen LogP contribution in [-0.4, -0.2) is 59.0 Å². The summed E-state index contributed by atoms with van der Waals surface area (Å²) in [6.45, 7) is 1.27. The predicted molar refractivity (Wildman–Crippen MR) is 127 cm³/mol. The number of piperidine rings is 1. The quantitative estimate of drug-likeness (QED) is 0.637. The van der Waals surface area contributed by atoms with E-state index in [-0.39, 0.29) is 24.0 Å². The SMILES string of the molecule is COc1ccc(C(=O)N2CCC(N(C(=O)Nc3ncc(Cl)s3)C3CCCCC3)CC2)cc1. The average molecular weight is 477 g/mol. The van der Waals surface area contributed by atoms with Crippen LogP contribution in [0, 0.1) is 0 Å². The third-order valence-electron chi connectivity index (χ3n) is 6.38. The summed E-state index contributed by atoms with van der Waals surface area (Å²) in [4.78, 5) is 34.3. The standard InChI is InChI=1S/C23H29ClN4O3S/c1-31-19-9-7-16(8-10-19)21(29)27-13-11-18(12-14-27)28(17-5-3-2-4-6-17)23(30)26-22-25-15-20(24)32-22/h7-10,15,17-18H,2-6,11-14H2,1H3,(H,25,26,30). The third kappa shape index (κ3) is 5.35. The van der Waals surface area contributed by atoms with Crippen LogP contribution in [0.3, 0.4) is 0 Å². The van der Waals surface area contributed by atoms with Crippen molar-refractivity contribution >= 4 is 40.0 Å². The Kier molecular flexibility index (Phi) is 7.52. The molecule has 1 aromatic heterocycles. The number of nitrogens with one attached hydrogen (secondary N) is 1. The van der Waals surface area contributed by atoms with E-state index >= 15 is 0 Å². The van der Waals surface area contributed by atoms with Crippen molar-refractivity contribution in [2.75, 3.05) is 25.5 Å². The average Bonchev–Trinajstić information content (AvgIpc) is 3.24. The van der Waals surface area contributed by atoms with Crippen molar-refractivity contribution in [2.24, 2.45) is 0 Å². The summed E-state index contributed by atoms with van der Waals surface area (Å²) < 4.78 is 5.73. The molecule has 2 heterocycles. The first kappa shape index (κ1) is 22.9. The Morgan fingerprint density at radius 2 is 1.75 bits per heavy atom. The molecule has 172 valence electrons. The number of rotatable bonds is 5. The number of urea groups is 1. The van der Waals surface area contributed by atoms with Crippen molar-refractivity contribution in [3.05, 3.63) is 40.4 Å². The second kappa shape index (κ2) is 10.5. The molecule has 2 aliphatic rings. The van der Waals surface area contributed by atoms with E-state index in [1.807, 2.05) is 9.80 Å². The number of likely N-dealkylation sites (tertiary alicyclic amines) is 1. The zero-order valence-electron chi connectivity index (χ0n) is 18.3. The van der Waals surface area contributed by atoms with Gasteiger partial charge in [-0.3, -0.25) is 10.1 Å². The van der Waals surface area contributed by atoms with Gasteiger partial charge in [0.05, 0.1) is 13.3 Å². The molecule has 7 nitrogen and oxygen atoms in total. The highest BCUT2D eigenvalue weighted by atomic mass is 35.5. The highest BCUT2D eigenvalue weighted by molar-refractivity contribution is 7.19. The second-order valence-corrected chi connectivity index (χ2v) is 10.0. The second-order valence-electron chi connectivity index (χ2n) is 8.35. The van der Waals surface area contributed by atoms with Crippen LogP contribution in [0.15, 0.2) is 30.5 Å². The number of carbonyl (C=O) groups is 2. The summed E-state index contributed by atoms with van der Waals surface area (Å²) >= 11 is 7.25. The number of anilines is 1. The number of benzene rings is 1. The molecule has 1 aromatic carbocycles. The number of aromatic nitrogens is 1. The molecule has 0 spiro atoms. The number of thiazole rings is 1. The maximum absolute atomic E-state index is 13.3. The van der Waals surface area contributed by atoms with Crippen LogP contribution in [0.2, 0.25) is 4.34 Å². The Morgan fingerprint density at radius 1 is 1.09 bits per heavy atom. The van der Waals surface area contributed by atoms with E-state index in [0.29, 0.717) is 28.1 Å². The van der Waals surface area contributed by atoms with Gasteiger partial charge in [-0.1, -0.05) is 42.2 Å². The Balaban J connectivity index is 1.42. The number of carbonyl (C=O) groups excluding carboxylic acids is 2. The fraction of sp³-hybridized carbons (Fsp3) is 0.522. The van der Waals surface area contributed by atoms with Gasteiger partial charge < -0.3 is 14.5 Å². The molecule has 2 aromatic rings. The van der Waals surface area contributed by atoms with Gasteiger partial charge in [0.25, 0.3) is 5.91 Å². The van der Waals surface area contributed by atoms with Crippen LogP contribution in [0.5, 0.6) is 5.75 Å². The minimum atomic E-state index is -0.108. The van der Waals surface area contributed by atoms with E-state index < -0.39 is 0 Å². The van der Waals surface area contributed by atoms with Crippen molar-refractivity contribution in [2.45, 2.75) is 57.0 Å². The lowest BCUT2D eigenvalue weighted by molar-refractivity contribution is 0.0595. The lowest BCUT2D eigenvalue weighted by Crippen LogP contribution is -2.54.